The van der Waals surface area contributed by atoms with E-state index in [9.17, 15) is 4.79 Å². The molecule has 32 heavy (non-hydrogen) atoms. The van der Waals surface area contributed by atoms with Crippen LogP contribution < -0.4 is 20.7 Å². The smallest absolute Gasteiger partial charge is 0.233 e. The highest BCUT2D eigenvalue weighted by Crippen LogP contribution is 2.26. The number of hydrogen-bond donors (Lipinski definition) is 3. The van der Waals surface area contributed by atoms with Crippen LogP contribution in [0.5, 0.6) is 11.5 Å². The van der Waals surface area contributed by atoms with Crippen molar-refractivity contribution in [1.29, 1.82) is 0 Å². The Morgan fingerprint density at radius 1 is 1.12 bits per heavy atom. The lowest BCUT2D eigenvalue weighted by Crippen LogP contribution is -2.50. The largest absolute Gasteiger partial charge is 0.457 e. The molecule has 2 aromatic rings. The first kappa shape index (κ1) is 23.6. The fourth-order valence-electron chi connectivity index (χ4n) is 3.66. The minimum Gasteiger partial charge on any atom is -0.457 e. The van der Waals surface area contributed by atoms with Crippen LogP contribution in [0.15, 0.2) is 53.5 Å². The molecule has 3 rings (SSSR count). The molecular weight excluding hydrogens is 402 g/mol. The molecule has 0 atom stereocenters. The number of amides is 1. The minimum absolute atomic E-state index is 0.0674. The maximum absolute atomic E-state index is 11.6. The van der Waals surface area contributed by atoms with Gasteiger partial charge in [-0.2, -0.15) is 0 Å². The van der Waals surface area contributed by atoms with Crippen molar-refractivity contribution in [1.82, 2.24) is 20.9 Å². The number of likely N-dealkylation sites (N-methyl/N-ethyl adjacent to an activating group) is 1. The number of nitrogens with one attached hydrogen (secondary N) is 3. The van der Waals surface area contributed by atoms with E-state index in [0.29, 0.717) is 19.1 Å². The molecule has 3 N–H and O–H groups in total. The lowest BCUT2D eigenvalue weighted by Gasteiger charge is -2.32. The van der Waals surface area contributed by atoms with E-state index in [0.717, 1.165) is 55.5 Å². The second kappa shape index (κ2) is 12.1. The Morgan fingerprint density at radius 2 is 1.84 bits per heavy atom. The lowest BCUT2D eigenvalue weighted by atomic mass is 10.1. The highest BCUT2D eigenvalue weighted by molar-refractivity contribution is 5.80. The number of piperidine rings is 1. The lowest BCUT2D eigenvalue weighted by molar-refractivity contribution is -0.122. The summed E-state index contributed by atoms with van der Waals surface area (Å²) in [4.78, 5) is 18.6. The molecule has 1 heterocycles. The van der Waals surface area contributed by atoms with Gasteiger partial charge in [0.25, 0.3) is 0 Å². The van der Waals surface area contributed by atoms with Crippen LogP contribution in [0, 0.1) is 6.92 Å². The van der Waals surface area contributed by atoms with Gasteiger partial charge in [0.2, 0.25) is 5.91 Å². The van der Waals surface area contributed by atoms with Crippen molar-refractivity contribution >= 4 is 11.9 Å². The molecule has 2 aromatic carbocycles. The number of benzene rings is 2. The van der Waals surface area contributed by atoms with E-state index in [2.05, 4.69) is 34.7 Å². The molecule has 1 saturated heterocycles. The molecule has 0 aromatic heterocycles. The first-order valence-electron chi connectivity index (χ1n) is 11.4. The van der Waals surface area contributed by atoms with Crippen LogP contribution in [0.1, 0.15) is 30.9 Å². The zero-order valence-electron chi connectivity index (χ0n) is 19.4. The highest BCUT2D eigenvalue weighted by Gasteiger charge is 2.21. The maximum atomic E-state index is 11.6. The third-order valence-electron chi connectivity index (χ3n) is 5.55. The SMILES string of the molecule is CCNC(=NCc1ccccc1Oc1ccc(C)cc1)NC1CCN(CC(=O)NC)CC1. The number of carbonyl (C=O) groups excluding carboxylic acids is 1. The van der Waals surface area contributed by atoms with Crippen molar-refractivity contribution < 1.29 is 9.53 Å². The second-order valence-corrected chi connectivity index (χ2v) is 8.09. The van der Waals surface area contributed by atoms with Crippen LogP contribution in [0.2, 0.25) is 0 Å². The van der Waals surface area contributed by atoms with Gasteiger partial charge in [0.1, 0.15) is 11.5 Å². The van der Waals surface area contributed by atoms with Gasteiger partial charge in [-0.1, -0.05) is 35.9 Å². The summed E-state index contributed by atoms with van der Waals surface area (Å²) >= 11 is 0. The quantitative estimate of drug-likeness (QED) is 0.437. The van der Waals surface area contributed by atoms with Gasteiger partial charge >= 0.3 is 0 Å². The number of rotatable bonds is 8. The molecule has 7 heteroatoms. The van der Waals surface area contributed by atoms with Crippen LogP contribution in [-0.4, -0.2) is 56.0 Å². The Hall–Kier alpha value is -3.06. The summed E-state index contributed by atoms with van der Waals surface area (Å²) in [5.41, 5.74) is 2.24. The molecule has 172 valence electrons. The van der Waals surface area contributed by atoms with Crippen molar-refractivity contribution in [2.75, 3.05) is 33.2 Å². The summed E-state index contributed by atoms with van der Waals surface area (Å²) in [6, 6.07) is 16.4. The Labute approximate surface area is 191 Å². The standard InChI is InChI=1S/C25H35N5O2/c1-4-27-25(29-21-13-15-30(16-14-21)18-24(31)26-3)28-17-20-7-5-6-8-23(20)32-22-11-9-19(2)10-12-22/h5-12,21H,4,13-18H2,1-3H3,(H,26,31)(H2,27,28,29). The number of ether oxygens (including phenoxy) is 1. The topological polar surface area (TPSA) is 78.0 Å². The summed E-state index contributed by atoms with van der Waals surface area (Å²) in [5.74, 6) is 2.51. The van der Waals surface area contributed by atoms with Crippen molar-refractivity contribution in [2.24, 2.45) is 4.99 Å². The van der Waals surface area contributed by atoms with Gasteiger partial charge in [0.15, 0.2) is 5.96 Å². The van der Waals surface area contributed by atoms with E-state index in [-0.39, 0.29) is 5.91 Å². The summed E-state index contributed by atoms with van der Waals surface area (Å²) in [5, 5.41) is 9.60. The first-order valence-corrected chi connectivity index (χ1v) is 11.4. The second-order valence-electron chi connectivity index (χ2n) is 8.09. The molecular formula is C25H35N5O2. The molecule has 0 radical (unpaired) electrons. The Balaban J connectivity index is 1.59. The van der Waals surface area contributed by atoms with Crippen LogP contribution in [0.3, 0.4) is 0 Å². The molecule has 1 aliphatic heterocycles. The zero-order valence-corrected chi connectivity index (χ0v) is 19.4. The van der Waals surface area contributed by atoms with Gasteiger partial charge in [-0.25, -0.2) is 4.99 Å². The number of guanidine groups is 1. The number of hydrogen-bond acceptors (Lipinski definition) is 4. The fraction of sp³-hybridized carbons (Fsp3) is 0.440. The van der Waals surface area contributed by atoms with Gasteiger partial charge in [0, 0.05) is 38.3 Å². The summed E-state index contributed by atoms with van der Waals surface area (Å²) in [6.45, 7) is 7.71. The third-order valence-corrected chi connectivity index (χ3v) is 5.55. The van der Waals surface area contributed by atoms with Crippen LogP contribution in [-0.2, 0) is 11.3 Å². The van der Waals surface area contributed by atoms with Crippen molar-refractivity contribution in [3.63, 3.8) is 0 Å². The van der Waals surface area contributed by atoms with Crippen LogP contribution in [0.4, 0.5) is 0 Å². The molecule has 0 unspecified atom stereocenters. The molecule has 0 spiro atoms. The third kappa shape index (κ3) is 7.27. The van der Waals surface area contributed by atoms with Crippen LogP contribution in [0.25, 0.3) is 0 Å². The Kier molecular flexibility index (Phi) is 8.92. The zero-order chi connectivity index (χ0) is 22.8. The normalized spacial score (nSPS) is 15.3. The molecule has 1 aliphatic rings. The number of para-hydroxylation sites is 1. The van der Waals surface area contributed by atoms with E-state index in [1.807, 2.05) is 48.5 Å². The molecule has 1 amide bonds. The van der Waals surface area contributed by atoms with Gasteiger partial charge < -0.3 is 20.7 Å². The predicted octanol–water partition coefficient (Wildman–Crippen LogP) is 3.05. The average molecular weight is 438 g/mol. The minimum atomic E-state index is 0.0674. The van der Waals surface area contributed by atoms with Crippen molar-refractivity contribution in [3.05, 3.63) is 59.7 Å². The van der Waals surface area contributed by atoms with Gasteiger partial charge in [-0.15, -0.1) is 0 Å². The molecule has 0 saturated carbocycles. The van der Waals surface area contributed by atoms with Crippen molar-refractivity contribution in [2.45, 2.75) is 39.3 Å². The molecule has 7 nitrogen and oxygen atoms in total. The van der Waals surface area contributed by atoms with E-state index in [4.69, 9.17) is 9.73 Å². The molecule has 1 fully saturated rings. The van der Waals surface area contributed by atoms with E-state index >= 15 is 0 Å². The number of likely N-dealkylation sites (tertiary alicyclic amines) is 1. The number of aryl methyl sites for hydroxylation is 1. The monoisotopic (exact) mass is 437 g/mol. The van der Waals surface area contributed by atoms with E-state index in [1.54, 1.807) is 7.05 Å². The van der Waals surface area contributed by atoms with Gasteiger partial charge in [0.05, 0.1) is 13.1 Å². The number of nitrogens with zero attached hydrogens (tertiary/aromatic N) is 2. The summed E-state index contributed by atoms with van der Waals surface area (Å²) < 4.78 is 6.11. The first-order chi connectivity index (χ1) is 15.6. The Bertz CT molecular complexity index is 889. The summed E-state index contributed by atoms with van der Waals surface area (Å²) in [6.07, 6.45) is 1.96. The fourth-order valence-corrected chi connectivity index (χ4v) is 3.66. The van der Waals surface area contributed by atoms with Crippen LogP contribution >= 0.6 is 0 Å². The van der Waals surface area contributed by atoms with Gasteiger partial charge in [-0.05, 0) is 44.9 Å². The number of aliphatic imine (C=N–C) groups is 1. The maximum Gasteiger partial charge on any atom is 0.233 e. The summed E-state index contributed by atoms with van der Waals surface area (Å²) in [7, 11) is 1.68. The van der Waals surface area contributed by atoms with Crippen molar-refractivity contribution in [3.8, 4) is 11.5 Å². The van der Waals surface area contributed by atoms with Gasteiger partial charge in [-0.3, -0.25) is 9.69 Å². The highest BCUT2D eigenvalue weighted by atomic mass is 16.5. The molecule has 0 bridgehead atoms. The number of carbonyl (C=O) groups is 1. The predicted molar refractivity (Wildman–Crippen MR) is 129 cm³/mol. The average Bonchev–Trinajstić information content (AvgIpc) is 2.81. The Morgan fingerprint density at radius 3 is 2.53 bits per heavy atom. The molecule has 0 aliphatic carbocycles. The van der Waals surface area contributed by atoms with E-state index < -0.39 is 0 Å². The van der Waals surface area contributed by atoms with E-state index in [1.165, 1.54) is 5.56 Å².